The Balaban J connectivity index is 2.35. The lowest BCUT2D eigenvalue weighted by Crippen LogP contribution is -2.41. The topological polar surface area (TPSA) is 75.4 Å². The van der Waals surface area contributed by atoms with Crippen molar-refractivity contribution < 1.29 is 13.5 Å². The summed E-state index contributed by atoms with van der Waals surface area (Å²) >= 11 is 0. The van der Waals surface area contributed by atoms with E-state index in [-0.39, 0.29) is 18.0 Å². The lowest BCUT2D eigenvalue weighted by molar-refractivity contribution is 0.0577. The molecule has 2 aromatic rings. The van der Waals surface area contributed by atoms with Gasteiger partial charge in [0.05, 0.1) is 11.8 Å². The number of aliphatic hydroxyl groups is 1. The molecule has 1 aromatic carbocycles. The first kappa shape index (κ1) is 16.7. The van der Waals surface area contributed by atoms with E-state index >= 15 is 0 Å². The van der Waals surface area contributed by atoms with Gasteiger partial charge in [-0.05, 0) is 19.4 Å². The maximum Gasteiger partial charge on any atom is 0.246 e. The average Bonchev–Trinajstić information content (AvgIpc) is 2.85. The van der Waals surface area contributed by atoms with Crippen molar-refractivity contribution >= 4 is 10.0 Å². The van der Waals surface area contributed by atoms with Crippen molar-refractivity contribution in [2.45, 2.75) is 30.9 Å². The van der Waals surface area contributed by atoms with Crippen LogP contribution < -0.4 is 0 Å². The molecule has 0 aliphatic rings. The third kappa shape index (κ3) is 4.16. The number of sulfonamides is 1. The fourth-order valence-electron chi connectivity index (χ4n) is 2.13. The Kier molecular flexibility index (Phi) is 4.69. The molecule has 0 saturated heterocycles. The van der Waals surface area contributed by atoms with Gasteiger partial charge in [-0.3, -0.25) is 4.68 Å². The second-order valence-electron chi connectivity index (χ2n) is 5.92. The first-order valence-corrected chi connectivity index (χ1v) is 8.37. The summed E-state index contributed by atoms with van der Waals surface area (Å²) in [5.74, 6) is 0. The highest BCUT2D eigenvalue weighted by Gasteiger charge is 2.30. The third-order valence-corrected chi connectivity index (χ3v) is 4.83. The van der Waals surface area contributed by atoms with Gasteiger partial charge >= 0.3 is 0 Å². The zero-order valence-electron chi connectivity index (χ0n) is 13.0. The summed E-state index contributed by atoms with van der Waals surface area (Å²) in [6.45, 7) is 3.37. The van der Waals surface area contributed by atoms with E-state index in [1.807, 2.05) is 30.3 Å². The van der Waals surface area contributed by atoms with E-state index in [2.05, 4.69) is 5.10 Å². The molecular weight excluding hydrogens is 302 g/mol. The Bertz CT molecular complexity index is 718. The lowest BCUT2D eigenvalue weighted by atomic mass is 10.1. The molecule has 0 amide bonds. The Morgan fingerprint density at radius 2 is 1.91 bits per heavy atom. The second kappa shape index (κ2) is 6.20. The highest BCUT2D eigenvalue weighted by molar-refractivity contribution is 7.89. The normalized spacial score (nSPS) is 12.8. The van der Waals surface area contributed by atoms with Crippen molar-refractivity contribution in [3.05, 3.63) is 48.3 Å². The summed E-state index contributed by atoms with van der Waals surface area (Å²) in [6, 6.07) is 9.30. The first-order chi connectivity index (χ1) is 10.2. The number of hydrogen-bond acceptors (Lipinski definition) is 4. The van der Waals surface area contributed by atoms with Gasteiger partial charge in [-0.1, -0.05) is 30.3 Å². The Labute approximate surface area is 131 Å². The minimum absolute atomic E-state index is 0.000871. The predicted octanol–water partition coefficient (Wildman–Crippen LogP) is 1.38. The SMILES string of the molecule is Cn1cc(S(=O)(=O)N(Cc2ccccc2)CC(C)(C)O)cn1. The number of hydrogen-bond donors (Lipinski definition) is 1. The molecule has 0 bridgehead atoms. The van der Waals surface area contributed by atoms with Crippen molar-refractivity contribution in [2.75, 3.05) is 6.54 Å². The van der Waals surface area contributed by atoms with Gasteiger partial charge < -0.3 is 5.11 Å². The molecule has 0 spiro atoms. The first-order valence-electron chi connectivity index (χ1n) is 6.93. The molecule has 6 nitrogen and oxygen atoms in total. The molecule has 22 heavy (non-hydrogen) atoms. The summed E-state index contributed by atoms with van der Waals surface area (Å²) in [5.41, 5.74) is -0.274. The molecule has 0 aliphatic carbocycles. The van der Waals surface area contributed by atoms with Crippen LogP contribution in [0.3, 0.4) is 0 Å². The van der Waals surface area contributed by atoms with Gasteiger partial charge in [0.25, 0.3) is 0 Å². The van der Waals surface area contributed by atoms with E-state index in [1.165, 1.54) is 21.4 Å². The summed E-state index contributed by atoms with van der Waals surface area (Å²) in [6.07, 6.45) is 2.77. The van der Waals surface area contributed by atoms with E-state index in [1.54, 1.807) is 20.9 Å². The van der Waals surface area contributed by atoms with Crippen LogP contribution in [-0.4, -0.2) is 39.8 Å². The van der Waals surface area contributed by atoms with E-state index in [0.29, 0.717) is 0 Å². The van der Waals surface area contributed by atoms with Crippen molar-refractivity contribution in [1.82, 2.24) is 14.1 Å². The molecule has 1 N–H and O–H groups in total. The van der Waals surface area contributed by atoms with Crippen LogP contribution in [0.1, 0.15) is 19.4 Å². The van der Waals surface area contributed by atoms with Crippen LogP contribution in [0, 0.1) is 0 Å². The number of aryl methyl sites for hydroxylation is 1. The molecular formula is C15H21N3O3S. The molecule has 120 valence electrons. The van der Waals surface area contributed by atoms with Gasteiger partial charge in [0, 0.05) is 26.3 Å². The van der Waals surface area contributed by atoms with Crippen LogP contribution >= 0.6 is 0 Å². The molecule has 0 atom stereocenters. The van der Waals surface area contributed by atoms with Crippen molar-refractivity contribution in [2.24, 2.45) is 7.05 Å². The lowest BCUT2D eigenvalue weighted by Gasteiger charge is -2.28. The van der Waals surface area contributed by atoms with Gasteiger partial charge in [-0.15, -0.1) is 0 Å². The van der Waals surface area contributed by atoms with E-state index in [4.69, 9.17) is 0 Å². The Morgan fingerprint density at radius 1 is 1.27 bits per heavy atom. The van der Waals surface area contributed by atoms with Crippen molar-refractivity contribution in [3.8, 4) is 0 Å². The monoisotopic (exact) mass is 323 g/mol. The van der Waals surface area contributed by atoms with Crippen molar-refractivity contribution in [1.29, 1.82) is 0 Å². The standard InChI is InChI=1S/C15H21N3O3S/c1-15(2,19)12-18(10-13-7-5-4-6-8-13)22(20,21)14-9-16-17(3)11-14/h4-9,11,19H,10,12H2,1-3H3. The molecule has 1 heterocycles. The molecule has 0 radical (unpaired) electrons. The average molecular weight is 323 g/mol. The van der Waals surface area contributed by atoms with Crippen molar-refractivity contribution in [3.63, 3.8) is 0 Å². The summed E-state index contributed by atoms with van der Waals surface area (Å²) in [5, 5.41) is 14.0. The van der Waals surface area contributed by atoms with E-state index in [9.17, 15) is 13.5 Å². The molecule has 1 aromatic heterocycles. The van der Waals surface area contributed by atoms with Gasteiger partial charge in [0.1, 0.15) is 4.90 Å². The second-order valence-corrected chi connectivity index (χ2v) is 7.86. The molecule has 0 fully saturated rings. The zero-order valence-corrected chi connectivity index (χ0v) is 13.8. The molecule has 0 saturated carbocycles. The maximum absolute atomic E-state index is 12.8. The molecule has 2 rings (SSSR count). The number of benzene rings is 1. The minimum atomic E-state index is -3.72. The Morgan fingerprint density at radius 3 is 2.41 bits per heavy atom. The number of nitrogens with zero attached hydrogens (tertiary/aromatic N) is 3. The zero-order chi connectivity index (χ0) is 16.4. The molecule has 7 heteroatoms. The maximum atomic E-state index is 12.8. The minimum Gasteiger partial charge on any atom is -0.389 e. The van der Waals surface area contributed by atoms with Crippen LogP contribution in [-0.2, 0) is 23.6 Å². The van der Waals surface area contributed by atoms with E-state index in [0.717, 1.165) is 5.56 Å². The summed E-state index contributed by atoms with van der Waals surface area (Å²) in [7, 11) is -2.06. The highest BCUT2D eigenvalue weighted by Crippen LogP contribution is 2.20. The fourth-order valence-corrected chi connectivity index (χ4v) is 3.69. The van der Waals surface area contributed by atoms with Gasteiger partial charge in [-0.2, -0.15) is 9.40 Å². The number of aromatic nitrogens is 2. The predicted molar refractivity (Wildman–Crippen MR) is 83.5 cm³/mol. The quantitative estimate of drug-likeness (QED) is 0.871. The molecule has 0 unspecified atom stereocenters. The van der Waals surface area contributed by atoms with Gasteiger partial charge in [0.2, 0.25) is 10.0 Å². The van der Waals surface area contributed by atoms with E-state index < -0.39 is 15.6 Å². The summed E-state index contributed by atoms with van der Waals surface area (Å²) in [4.78, 5) is 0.121. The fraction of sp³-hybridized carbons (Fsp3) is 0.400. The largest absolute Gasteiger partial charge is 0.389 e. The van der Waals surface area contributed by atoms with Crippen LogP contribution in [0.25, 0.3) is 0 Å². The Hall–Kier alpha value is -1.70. The van der Waals surface area contributed by atoms with Crippen LogP contribution in [0.15, 0.2) is 47.6 Å². The third-order valence-electron chi connectivity index (χ3n) is 3.08. The smallest absolute Gasteiger partial charge is 0.246 e. The highest BCUT2D eigenvalue weighted by atomic mass is 32.2. The van der Waals surface area contributed by atoms with Gasteiger partial charge in [0.15, 0.2) is 0 Å². The van der Waals surface area contributed by atoms with Gasteiger partial charge in [-0.25, -0.2) is 8.42 Å². The van der Waals surface area contributed by atoms with Crippen LogP contribution in [0.4, 0.5) is 0 Å². The van der Waals surface area contributed by atoms with Crippen LogP contribution in [0.2, 0.25) is 0 Å². The van der Waals surface area contributed by atoms with Crippen LogP contribution in [0.5, 0.6) is 0 Å². The number of rotatable bonds is 6. The summed E-state index contributed by atoms with van der Waals surface area (Å²) < 4.78 is 28.3. The molecule has 0 aliphatic heterocycles.